The van der Waals surface area contributed by atoms with Gasteiger partial charge in [-0.05, 0) is 12.8 Å². The van der Waals surface area contributed by atoms with Gasteiger partial charge in [-0.25, -0.2) is 9.97 Å². The Kier molecular flexibility index (Phi) is 5.67. The molecule has 1 amide bonds. The molecule has 0 bridgehead atoms. The first-order valence-corrected chi connectivity index (χ1v) is 7.69. The number of hydrogen-bond acceptors (Lipinski definition) is 4. The molecule has 0 N–H and O–H groups in total. The molecule has 0 atom stereocenters. The Morgan fingerprint density at radius 1 is 1.35 bits per heavy atom. The van der Waals surface area contributed by atoms with E-state index in [9.17, 15) is 18.0 Å². The van der Waals surface area contributed by atoms with Crippen molar-refractivity contribution in [1.82, 2.24) is 14.9 Å². The fourth-order valence-electron chi connectivity index (χ4n) is 2.56. The van der Waals surface area contributed by atoms with Crippen LogP contribution in [0.15, 0.2) is 12.4 Å². The number of anilines is 1. The van der Waals surface area contributed by atoms with Crippen LogP contribution in [0.2, 0.25) is 5.02 Å². The summed E-state index contributed by atoms with van der Waals surface area (Å²) in [5.74, 6) is 0.0995. The van der Waals surface area contributed by atoms with Crippen molar-refractivity contribution in [1.29, 1.82) is 0 Å². The van der Waals surface area contributed by atoms with Crippen molar-refractivity contribution in [2.75, 3.05) is 25.0 Å². The zero-order valence-corrected chi connectivity index (χ0v) is 13.4. The highest BCUT2D eigenvalue weighted by Gasteiger charge is 2.31. The molecule has 5 nitrogen and oxygen atoms in total. The number of aromatic nitrogens is 2. The summed E-state index contributed by atoms with van der Waals surface area (Å²) < 4.78 is 36.5. The lowest BCUT2D eigenvalue weighted by Crippen LogP contribution is -2.46. The molecule has 9 heteroatoms. The molecule has 0 unspecified atom stereocenters. The van der Waals surface area contributed by atoms with Gasteiger partial charge in [0.05, 0.1) is 23.8 Å². The summed E-state index contributed by atoms with van der Waals surface area (Å²) >= 11 is 5.75. The van der Waals surface area contributed by atoms with Crippen molar-refractivity contribution in [3.8, 4) is 0 Å². The van der Waals surface area contributed by atoms with Crippen LogP contribution in [0.4, 0.5) is 19.1 Å². The summed E-state index contributed by atoms with van der Waals surface area (Å²) in [5, 5.41) is 0.451. The second kappa shape index (κ2) is 7.33. The lowest BCUT2D eigenvalue weighted by atomic mass is 10.0. The second-order valence-corrected chi connectivity index (χ2v) is 5.98. The van der Waals surface area contributed by atoms with Gasteiger partial charge in [0.25, 0.3) is 0 Å². The third-order valence-corrected chi connectivity index (χ3v) is 4.10. The largest absolute Gasteiger partial charge is 0.389 e. The van der Waals surface area contributed by atoms with E-state index in [1.54, 1.807) is 0 Å². The number of carbonyl (C=O) groups excluding carboxylic acids is 1. The number of alkyl halides is 3. The van der Waals surface area contributed by atoms with Gasteiger partial charge in [0.15, 0.2) is 0 Å². The van der Waals surface area contributed by atoms with Crippen molar-refractivity contribution >= 4 is 23.5 Å². The van der Waals surface area contributed by atoms with E-state index in [1.807, 2.05) is 11.9 Å². The summed E-state index contributed by atoms with van der Waals surface area (Å²) in [5.41, 5.74) is 0. The number of rotatable bonds is 4. The first kappa shape index (κ1) is 17.8. The second-order valence-electron chi connectivity index (χ2n) is 5.54. The van der Waals surface area contributed by atoms with Crippen LogP contribution in [0.1, 0.15) is 25.7 Å². The topological polar surface area (TPSA) is 49.3 Å². The van der Waals surface area contributed by atoms with E-state index in [-0.39, 0.29) is 6.04 Å². The highest BCUT2D eigenvalue weighted by molar-refractivity contribution is 6.30. The highest BCUT2D eigenvalue weighted by Crippen LogP contribution is 2.24. The summed E-state index contributed by atoms with van der Waals surface area (Å²) in [6.45, 7) is 0.887. The van der Waals surface area contributed by atoms with Crippen LogP contribution < -0.4 is 4.90 Å². The van der Waals surface area contributed by atoms with E-state index < -0.39 is 24.9 Å². The SMILES string of the molecule is CN(c1ncc(Cl)cn1)C1CCN(C(=O)CCC(F)(F)F)CC1. The van der Waals surface area contributed by atoms with E-state index >= 15 is 0 Å². The standard InChI is InChI=1S/C14H18ClF3N4O/c1-21(13-19-8-10(15)9-20-13)11-3-6-22(7-4-11)12(23)2-5-14(16,17)18/h8-9,11H,2-7H2,1H3. The van der Waals surface area contributed by atoms with Crippen LogP contribution in [0, 0.1) is 0 Å². The van der Waals surface area contributed by atoms with Gasteiger partial charge < -0.3 is 9.80 Å². The Labute approximate surface area is 137 Å². The molecule has 128 valence electrons. The number of piperidine rings is 1. The van der Waals surface area contributed by atoms with Crippen LogP contribution in [0.5, 0.6) is 0 Å². The number of likely N-dealkylation sites (tertiary alicyclic amines) is 1. The zero-order valence-electron chi connectivity index (χ0n) is 12.7. The van der Waals surface area contributed by atoms with Gasteiger partial charge in [-0.2, -0.15) is 13.2 Å². The molecule has 0 aliphatic carbocycles. The third-order valence-electron chi connectivity index (χ3n) is 3.91. The lowest BCUT2D eigenvalue weighted by Gasteiger charge is -2.36. The van der Waals surface area contributed by atoms with Crippen molar-refractivity contribution in [2.24, 2.45) is 0 Å². The molecule has 2 heterocycles. The van der Waals surface area contributed by atoms with Gasteiger partial charge in [0.2, 0.25) is 11.9 Å². The zero-order chi connectivity index (χ0) is 17.0. The van der Waals surface area contributed by atoms with Crippen molar-refractivity contribution in [3.05, 3.63) is 17.4 Å². The molecule has 0 saturated carbocycles. The Bertz CT molecular complexity index is 530. The van der Waals surface area contributed by atoms with Gasteiger partial charge in [-0.15, -0.1) is 0 Å². The molecule has 0 spiro atoms. The minimum absolute atomic E-state index is 0.142. The molecule has 1 fully saturated rings. The number of nitrogens with zero attached hydrogens (tertiary/aromatic N) is 4. The molecule has 0 aromatic carbocycles. The molecule has 1 saturated heterocycles. The van der Waals surface area contributed by atoms with Gasteiger partial charge in [-0.1, -0.05) is 11.6 Å². The Balaban J connectivity index is 1.83. The summed E-state index contributed by atoms with van der Waals surface area (Å²) in [6.07, 6.45) is -1.48. The third kappa shape index (κ3) is 5.23. The van der Waals surface area contributed by atoms with E-state index in [2.05, 4.69) is 9.97 Å². The normalized spacial score (nSPS) is 16.5. The van der Waals surface area contributed by atoms with E-state index in [0.717, 1.165) is 0 Å². The Hall–Kier alpha value is -1.57. The maximum Gasteiger partial charge on any atom is 0.389 e. The maximum atomic E-state index is 12.2. The lowest BCUT2D eigenvalue weighted by molar-refractivity contribution is -0.149. The Morgan fingerprint density at radius 3 is 2.43 bits per heavy atom. The molecular formula is C14H18ClF3N4O. The van der Waals surface area contributed by atoms with Gasteiger partial charge in [0.1, 0.15) is 0 Å². The van der Waals surface area contributed by atoms with Crippen LogP contribution in [-0.4, -0.2) is 53.1 Å². The van der Waals surface area contributed by atoms with Crippen molar-refractivity contribution < 1.29 is 18.0 Å². The minimum Gasteiger partial charge on any atom is -0.343 e. The summed E-state index contributed by atoms with van der Waals surface area (Å²) in [7, 11) is 1.86. The molecular weight excluding hydrogens is 333 g/mol. The number of amides is 1. The average Bonchev–Trinajstić information content (AvgIpc) is 2.52. The number of halogens is 4. The first-order chi connectivity index (χ1) is 10.8. The highest BCUT2D eigenvalue weighted by atomic mass is 35.5. The first-order valence-electron chi connectivity index (χ1n) is 7.31. The van der Waals surface area contributed by atoms with Crippen LogP contribution in [-0.2, 0) is 4.79 Å². The predicted octanol–water partition coefficient (Wildman–Crippen LogP) is 2.90. The molecule has 1 aliphatic heterocycles. The average molecular weight is 351 g/mol. The predicted molar refractivity (Wildman–Crippen MR) is 80.3 cm³/mol. The van der Waals surface area contributed by atoms with Crippen LogP contribution in [0.25, 0.3) is 0 Å². The van der Waals surface area contributed by atoms with Crippen LogP contribution >= 0.6 is 11.6 Å². The summed E-state index contributed by atoms with van der Waals surface area (Å²) in [6, 6.07) is 0.142. The fraction of sp³-hybridized carbons (Fsp3) is 0.643. The molecule has 23 heavy (non-hydrogen) atoms. The monoisotopic (exact) mass is 350 g/mol. The van der Waals surface area contributed by atoms with E-state index in [0.29, 0.717) is 36.9 Å². The smallest absolute Gasteiger partial charge is 0.343 e. The molecule has 0 radical (unpaired) electrons. The fourth-order valence-corrected chi connectivity index (χ4v) is 2.66. The van der Waals surface area contributed by atoms with Gasteiger partial charge in [0, 0.05) is 32.6 Å². The van der Waals surface area contributed by atoms with Crippen molar-refractivity contribution in [2.45, 2.75) is 37.9 Å². The summed E-state index contributed by atoms with van der Waals surface area (Å²) in [4.78, 5) is 23.5. The van der Waals surface area contributed by atoms with E-state index in [4.69, 9.17) is 11.6 Å². The van der Waals surface area contributed by atoms with E-state index in [1.165, 1.54) is 17.3 Å². The number of carbonyl (C=O) groups is 1. The van der Waals surface area contributed by atoms with Crippen LogP contribution in [0.3, 0.4) is 0 Å². The van der Waals surface area contributed by atoms with Crippen molar-refractivity contribution in [3.63, 3.8) is 0 Å². The molecule has 2 rings (SSSR count). The Morgan fingerprint density at radius 2 is 1.91 bits per heavy atom. The quantitative estimate of drug-likeness (QED) is 0.837. The molecule has 1 aromatic rings. The maximum absolute atomic E-state index is 12.2. The molecule has 1 aromatic heterocycles. The minimum atomic E-state index is -4.29. The number of hydrogen-bond donors (Lipinski definition) is 0. The van der Waals surface area contributed by atoms with Gasteiger partial charge >= 0.3 is 6.18 Å². The van der Waals surface area contributed by atoms with Gasteiger partial charge in [-0.3, -0.25) is 4.79 Å². The molecule has 1 aliphatic rings.